The number of fused-ring (bicyclic) bond motifs is 1. The van der Waals surface area contributed by atoms with E-state index in [0.717, 1.165) is 43.7 Å². The van der Waals surface area contributed by atoms with Crippen LogP contribution >= 0.6 is 0 Å². The van der Waals surface area contributed by atoms with E-state index in [2.05, 4.69) is 56.0 Å². The molecule has 2 aliphatic rings. The molecule has 0 bridgehead atoms. The Bertz CT molecular complexity index is 872. The van der Waals surface area contributed by atoms with Crippen LogP contribution in [0.25, 0.3) is 0 Å². The summed E-state index contributed by atoms with van der Waals surface area (Å²) in [6.45, 7) is 21.9. The van der Waals surface area contributed by atoms with Crippen molar-refractivity contribution in [3.05, 3.63) is 17.5 Å². The molecule has 6 nitrogen and oxygen atoms in total. The maximum Gasteiger partial charge on any atom is 0.407 e. The predicted octanol–water partition coefficient (Wildman–Crippen LogP) is 5.63. The topological polar surface area (TPSA) is 80.5 Å². The van der Waals surface area contributed by atoms with Gasteiger partial charge in [-0.25, -0.2) is 4.79 Å². The molecule has 1 saturated heterocycles. The minimum Gasteiger partial charge on any atom is -0.444 e. The van der Waals surface area contributed by atoms with Gasteiger partial charge in [-0.05, 0) is 62.5 Å². The summed E-state index contributed by atoms with van der Waals surface area (Å²) < 4.78 is 5.67. The molecule has 1 aromatic heterocycles. The van der Waals surface area contributed by atoms with Crippen LogP contribution < -0.4 is 16.0 Å². The Balaban J connectivity index is 1.92. The van der Waals surface area contributed by atoms with Gasteiger partial charge < -0.3 is 20.7 Å². The Hall–Kier alpha value is -1.76. The van der Waals surface area contributed by atoms with Gasteiger partial charge in [-0.3, -0.25) is 4.98 Å². The summed E-state index contributed by atoms with van der Waals surface area (Å²) >= 11 is 0. The molecule has 33 heavy (non-hydrogen) atoms. The molecule has 1 fully saturated rings. The standard InChI is InChI=1S/C26H46N4O2Si/c1-17-14-30(23-18-11-10-12-21(18)28-13-20(23)27)15-22(29-24(31)32-25(2,3)4)19(17)16-33(8,9)26(5,6)7/h13,17,19,22H,10-12,14-16,27H2,1-9H3,(H,29,31)/t17-,19+,22+/m0/s1. The van der Waals surface area contributed by atoms with E-state index in [1.165, 1.54) is 17.3 Å². The summed E-state index contributed by atoms with van der Waals surface area (Å²) in [5, 5.41) is 3.58. The number of amides is 1. The fourth-order valence-electron chi connectivity index (χ4n) is 5.24. The predicted molar refractivity (Wildman–Crippen MR) is 141 cm³/mol. The number of piperidine rings is 1. The number of nitrogen functional groups attached to an aromatic ring is 1. The van der Waals surface area contributed by atoms with E-state index in [-0.39, 0.29) is 12.1 Å². The summed E-state index contributed by atoms with van der Waals surface area (Å²) in [4.78, 5) is 19.9. The Kier molecular flexibility index (Phi) is 7.14. The van der Waals surface area contributed by atoms with Crippen molar-refractivity contribution in [1.29, 1.82) is 0 Å². The van der Waals surface area contributed by atoms with E-state index < -0.39 is 13.7 Å². The number of carbonyl (C=O) groups is 1. The largest absolute Gasteiger partial charge is 0.444 e. The van der Waals surface area contributed by atoms with Crippen LogP contribution in [-0.4, -0.2) is 43.9 Å². The second kappa shape index (κ2) is 9.12. The van der Waals surface area contributed by atoms with Crippen molar-refractivity contribution < 1.29 is 9.53 Å². The van der Waals surface area contributed by atoms with Crippen LogP contribution in [0.5, 0.6) is 0 Å². The number of ether oxygens (including phenoxy) is 1. The van der Waals surface area contributed by atoms with E-state index >= 15 is 0 Å². The van der Waals surface area contributed by atoms with Gasteiger partial charge in [0.25, 0.3) is 0 Å². The molecule has 0 spiro atoms. The van der Waals surface area contributed by atoms with Gasteiger partial charge in [-0.1, -0.05) is 46.8 Å². The molecule has 0 aromatic carbocycles. The van der Waals surface area contributed by atoms with Gasteiger partial charge in [0.2, 0.25) is 0 Å². The Morgan fingerprint density at radius 3 is 2.48 bits per heavy atom. The normalized spacial score (nSPS) is 23.9. The molecule has 1 amide bonds. The quantitative estimate of drug-likeness (QED) is 0.553. The summed E-state index contributed by atoms with van der Waals surface area (Å²) in [7, 11) is -1.55. The molecule has 3 N–H and O–H groups in total. The highest BCUT2D eigenvalue weighted by atomic mass is 28.3. The molecule has 1 aromatic rings. The van der Waals surface area contributed by atoms with E-state index in [4.69, 9.17) is 10.5 Å². The number of alkyl carbamates (subject to hydrolysis) is 1. The summed E-state index contributed by atoms with van der Waals surface area (Å²) in [5.74, 6) is 0.836. The number of aromatic nitrogens is 1. The molecule has 2 heterocycles. The highest BCUT2D eigenvalue weighted by molar-refractivity contribution is 6.80. The first-order valence-electron chi connectivity index (χ1n) is 12.6. The molecule has 0 saturated carbocycles. The number of nitrogens with zero attached hydrogens (tertiary/aromatic N) is 2. The second-order valence-corrected chi connectivity index (χ2v) is 18.7. The maximum absolute atomic E-state index is 12.9. The van der Waals surface area contributed by atoms with E-state index in [1.807, 2.05) is 27.0 Å². The summed E-state index contributed by atoms with van der Waals surface area (Å²) in [6, 6.07) is 1.19. The minimum absolute atomic E-state index is 0.0161. The number of rotatable bonds is 4. The minimum atomic E-state index is -1.55. The van der Waals surface area contributed by atoms with Crippen molar-refractivity contribution in [2.45, 2.75) is 104 Å². The fraction of sp³-hybridized carbons (Fsp3) is 0.769. The molecule has 7 heteroatoms. The third-order valence-corrected chi connectivity index (χ3v) is 13.6. The third kappa shape index (κ3) is 5.84. The molecular weight excluding hydrogens is 428 g/mol. The van der Waals surface area contributed by atoms with Crippen LogP contribution in [0.3, 0.4) is 0 Å². The molecule has 1 aliphatic heterocycles. The van der Waals surface area contributed by atoms with E-state index in [1.54, 1.807) is 0 Å². The van der Waals surface area contributed by atoms with Gasteiger partial charge >= 0.3 is 6.09 Å². The zero-order valence-electron chi connectivity index (χ0n) is 22.3. The first-order chi connectivity index (χ1) is 15.1. The number of pyridine rings is 1. The summed E-state index contributed by atoms with van der Waals surface area (Å²) in [5.41, 5.74) is 10.4. The van der Waals surface area contributed by atoms with Crippen molar-refractivity contribution in [2.24, 2.45) is 11.8 Å². The molecule has 3 atom stereocenters. The third-order valence-electron chi connectivity index (χ3n) is 8.08. The van der Waals surface area contributed by atoms with Gasteiger partial charge in [0.05, 0.1) is 31.7 Å². The van der Waals surface area contributed by atoms with Crippen LogP contribution in [-0.2, 0) is 17.6 Å². The number of carbonyl (C=O) groups excluding carboxylic acids is 1. The average molecular weight is 475 g/mol. The zero-order valence-corrected chi connectivity index (χ0v) is 23.3. The van der Waals surface area contributed by atoms with E-state index in [0.29, 0.717) is 16.9 Å². The first-order valence-corrected chi connectivity index (χ1v) is 15.8. The lowest BCUT2D eigenvalue weighted by molar-refractivity contribution is 0.0471. The van der Waals surface area contributed by atoms with Crippen molar-refractivity contribution in [3.8, 4) is 0 Å². The van der Waals surface area contributed by atoms with Gasteiger partial charge in [0.1, 0.15) is 5.60 Å². The molecule has 0 radical (unpaired) electrons. The van der Waals surface area contributed by atoms with Gasteiger partial charge in [0, 0.05) is 18.8 Å². The van der Waals surface area contributed by atoms with Crippen molar-refractivity contribution >= 4 is 25.5 Å². The fourth-order valence-corrected chi connectivity index (χ4v) is 7.72. The van der Waals surface area contributed by atoms with Gasteiger partial charge in [-0.15, -0.1) is 0 Å². The van der Waals surface area contributed by atoms with Gasteiger partial charge in [0.15, 0.2) is 0 Å². The van der Waals surface area contributed by atoms with Crippen molar-refractivity contribution in [2.75, 3.05) is 23.7 Å². The molecule has 1 aliphatic carbocycles. The lowest BCUT2D eigenvalue weighted by Gasteiger charge is -2.49. The molecule has 3 rings (SSSR count). The number of aryl methyl sites for hydroxylation is 1. The molecule has 186 valence electrons. The monoisotopic (exact) mass is 474 g/mol. The van der Waals surface area contributed by atoms with Crippen molar-refractivity contribution in [3.63, 3.8) is 0 Å². The number of hydrogen-bond donors (Lipinski definition) is 2. The Labute approximate surface area is 202 Å². The number of nitrogens with two attached hydrogens (primary N) is 1. The van der Waals surface area contributed by atoms with Crippen LogP contribution in [0, 0.1) is 11.8 Å². The highest BCUT2D eigenvalue weighted by Crippen LogP contribution is 2.45. The lowest BCUT2D eigenvalue weighted by atomic mass is 9.83. The van der Waals surface area contributed by atoms with Crippen molar-refractivity contribution in [1.82, 2.24) is 10.3 Å². The smallest absolute Gasteiger partial charge is 0.407 e. The molecular formula is C26H46N4O2Si. The first kappa shape index (κ1) is 25.9. The SMILES string of the molecule is C[C@H]1CN(c2c(N)cnc3c2CCC3)C[C@@H](NC(=O)OC(C)(C)C)[C@@H]1C[Si](C)(C)C(C)(C)C. The summed E-state index contributed by atoms with van der Waals surface area (Å²) in [6.07, 6.45) is 4.69. The number of hydrogen-bond acceptors (Lipinski definition) is 5. The Morgan fingerprint density at radius 2 is 1.88 bits per heavy atom. The highest BCUT2D eigenvalue weighted by Gasteiger charge is 2.44. The number of nitrogens with one attached hydrogen (secondary N) is 1. The van der Waals surface area contributed by atoms with Crippen LogP contribution in [0.15, 0.2) is 6.20 Å². The zero-order chi connectivity index (χ0) is 24.8. The van der Waals surface area contributed by atoms with Crippen LogP contribution in [0.4, 0.5) is 16.2 Å². The van der Waals surface area contributed by atoms with Crippen LogP contribution in [0.1, 0.15) is 66.1 Å². The Morgan fingerprint density at radius 1 is 1.21 bits per heavy atom. The number of anilines is 2. The average Bonchev–Trinajstić information content (AvgIpc) is 3.10. The van der Waals surface area contributed by atoms with E-state index in [9.17, 15) is 4.79 Å². The second-order valence-electron chi connectivity index (χ2n) is 13.0. The molecule has 0 unspecified atom stereocenters. The maximum atomic E-state index is 12.9. The van der Waals surface area contributed by atoms with Crippen LogP contribution in [0.2, 0.25) is 24.2 Å². The lowest BCUT2D eigenvalue weighted by Crippen LogP contribution is -2.58. The van der Waals surface area contributed by atoms with Gasteiger partial charge in [-0.2, -0.15) is 0 Å².